The minimum absolute atomic E-state index is 0.0418. The van der Waals surface area contributed by atoms with Crippen molar-refractivity contribution < 1.29 is 22.8 Å². The number of hydrogen-bond donors (Lipinski definition) is 1. The van der Waals surface area contributed by atoms with E-state index >= 15 is 0 Å². The fourth-order valence-electron chi connectivity index (χ4n) is 2.62. The van der Waals surface area contributed by atoms with Crippen molar-refractivity contribution in [2.24, 2.45) is 0 Å². The van der Waals surface area contributed by atoms with Gasteiger partial charge in [-0.15, -0.1) is 0 Å². The molecule has 1 aromatic rings. The van der Waals surface area contributed by atoms with Crippen LogP contribution in [0.15, 0.2) is 24.3 Å². The molecule has 1 aliphatic rings. The highest BCUT2D eigenvalue weighted by atomic mass is 19.4. The monoisotopic (exact) mass is 328 g/mol. The number of likely N-dealkylation sites (tertiary alicyclic amines) is 1. The average molecular weight is 328 g/mol. The summed E-state index contributed by atoms with van der Waals surface area (Å²) in [7, 11) is 0. The Bertz CT molecular complexity index is 579. The number of aryl methyl sites for hydroxylation is 1. The molecule has 1 heterocycles. The van der Waals surface area contributed by atoms with Crippen LogP contribution in [0.25, 0.3) is 0 Å². The molecule has 2 amide bonds. The summed E-state index contributed by atoms with van der Waals surface area (Å²) in [6.07, 6.45) is -3.91. The van der Waals surface area contributed by atoms with Crippen LogP contribution >= 0.6 is 0 Å². The molecule has 0 unspecified atom stereocenters. The summed E-state index contributed by atoms with van der Waals surface area (Å²) in [6, 6.07) is 7.06. The maximum atomic E-state index is 12.3. The third kappa shape index (κ3) is 4.71. The lowest BCUT2D eigenvalue weighted by molar-refractivity contribution is -0.174. The van der Waals surface area contributed by atoms with Crippen LogP contribution in [0.1, 0.15) is 24.0 Å². The normalized spacial score (nSPS) is 16.3. The van der Waals surface area contributed by atoms with Crippen LogP contribution in [0.4, 0.5) is 13.2 Å². The van der Waals surface area contributed by atoms with Crippen LogP contribution in [0.3, 0.4) is 0 Å². The van der Waals surface area contributed by atoms with Gasteiger partial charge in [-0.2, -0.15) is 13.2 Å². The van der Waals surface area contributed by atoms with Crippen molar-refractivity contribution in [1.29, 1.82) is 0 Å². The Morgan fingerprint density at radius 1 is 1.22 bits per heavy atom. The van der Waals surface area contributed by atoms with Crippen LogP contribution in [0.5, 0.6) is 0 Å². The molecular formula is C16H19F3N2O2. The number of rotatable bonds is 3. The molecule has 23 heavy (non-hydrogen) atoms. The molecule has 0 saturated carbocycles. The minimum Gasteiger partial charge on any atom is -0.345 e. The molecule has 0 aliphatic carbocycles. The van der Waals surface area contributed by atoms with Gasteiger partial charge >= 0.3 is 12.1 Å². The fourth-order valence-corrected chi connectivity index (χ4v) is 2.62. The first-order valence-corrected chi connectivity index (χ1v) is 7.47. The van der Waals surface area contributed by atoms with Crippen LogP contribution in [-0.4, -0.2) is 42.0 Å². The number of amides is 2. The third-order valence-corrected chi connectivity index (χ3v) is 4.04. The van der Waals surface area contributed by atoms with Crippen molar-refractivity contribution in [2.45, 2.75) is 38.4 Å². The predicted octanol–water partition coefficient (Wildman–Crippen LogP) is 2.21. The largest absolute Gasteiger partial charge is 0.471 e. The summed E-state index contributed by atoms with van der Waals surface area (Å²) in [5.74, 6) is -1.96. The molecule has 2 rings (SSSR count). The molecule has 0 atom stereocenters. The van der Waals surface area contributed by atoms with E-state index in [0.29, 0.717) is 25.9 Å². The van der Waals surface area contributed by atoms with E-state index in [1.807, 2.05) is 36.5 Å². The van der Waals surface area contributed by atoms with Gasteiger partial charge in [0.25, 0.3) is 0 Å². The van der Waals surface area contributed by atoms with Gasteiger partial charge in [0.15, 0.2) is 0 Å². The summed E-state index contributed by atoms with van der Waals surface area (Å²) in [6.45, 7) is 2.64. The highest BCUT2D eigenvalue weighted by Crippen LogP contribution is 2.18. The Morgan fingerprint density at radius 3 is 2.39 bits per heavy atom. The molecule has 0 spiro atoms. The maximum absolute atomic E-state index is 12.3. The second-order valence-electron chi connectivity index (χ2n) is 5.73. The zero-order valence-electron chi connectivity index (χ0n) is 12.8. The molecule has 1 aliphatic heterocycles. The van der Waals surface area contributed by atoms with E-state index in [0.717, 1.165) is 11.1 Å². The Labute approximate surface area is 132 Å². The number of hydrogen-bond acceptors (Lipinski definition) is 2. The molecule has 0 bridgehead atoms. The van der Waals surface area contributed by atoms with Gasteiger partial charge in [-0.1, -0.05) is 24.3 Å². The molecule has 0 radical (unpaired) electrons. The summed E-state index contributed by atoms with van der Waals surface area (Å²) in [4.78, 5) is 24.8. The molecule has 1 N–H and O–H groups in total. The number of nitrogens with zero attached hydrogens (tertiary/aromatic N) is 1. The molecule has 1 fully saturated rings. The molecule has 0 aromatic heterocycles. The summed E-state index contributed by atoms with van der Waals surface area (Å²) in [5.41, 5.74) is 1.98. The van der Waals surface area contributed by atoms with Gasteiger partial charge in [0, 0.05) is 19.1 Å². The van der Waals surface area contributed by atoms with Gasteiger partial charge in [0.05, 0.1) is 6.42 Å². The van der Waals surface area contributed by atoms with Crippen molar-refractivity contribution in [1.82, 2.24) is 10.2 Å². The number of alkyl halides is 3. The van der Waals surface area contributed by atoms with Crippen molar-refractivity contribution >= 4 is 11.8 Å². The third-order valence-electron chi connectivity index (χ3n) is 4.04. The van der Waals surface area contributed by atoms with Gasteiger partial charge in [-0.3, -0.25) is 9.59 Å². The van der Waals surface area contributed by atoms with E-state index in [4.69, 9.17) is 0 Å². The Morgan fingerprint density at radius 2 is 1.83 bits per heavy atom. The molecule has 4 nitrogen and oxygen atoms in total. The lowest BCUT2D eigenvalue weighted by Crippen LogP contribution is -2.49. The zero-order valence-corrected chi connectivity index (χ0v) is 12.8. The summed E-state index contributed by atoms with van der Waals surface area (Å²) >= 11 is 0. The van der Waals surface area contributed by atoms with E-state index < -0.39 is 18.1 Å². The second kappa shape index (κ2) is 7.02. The van der Waals surface area contributed by atoms with Gasteiger partial charge < -0.3 is 10.2 Å². The van der Waals surface area contributed by atoms with Crippen LogP contribution in [0.2, 0.25) is 0 Å². The van der Waals surface area contributed by atoms with E-state index in [1.165, 1.54) is 0 Å². The Hall–Kier alpha value is -2.05. The predicted molar refractivity (Wildman–Crippen MR) is 78.7 cm³/mol. The Kier molecular flexibility index (Phi) is 5.28. The highest BCUT2D eigenvalue weighted by Gasteiger charge is 2.40. The zero-order chi connectivity index (χ0) is 17.0. The van der Waals surface area contributed by atoms with E-state index in [1.54, 1.807) is 4.90 Å². The highest BCUT2D eigenvalue weighted by molar-refractivity contribution is 5.82. The first-order chi connectivity index (χ1) is 10.8. The first-order valence-electron chi connectivity index (χ1n) is 7.47. The summed E-state index contributed by atoms with van der Waals surface area (Å²) in [5, 5.41) is 1.98. The number of benzene rings is 1. The second-order valence-corrected chi connectivity index (χ2v) is 5.73. The Balaban J connectivity index is 1.83. The van der Waals surface area contributed by atoms with E-state index in [9.17, 15) is 22.8 Å². The van der Waals surface area contributed by atoms with E-state index in [2.05, 4.69) is 0 Å². The van der Waals surface area contributed by atoms with Gasteiger partial charge in [0.1, 0.15) is 0 Å². The number of nitrogens with one attached hydrogen (secondary N) is 1. The first kappa shape index (κ1) is 17.3. The molecule has 1 aromatic carbocycles. The van der Waals surface area contributed by atoms with Crippen LogP contribution in [-0.2, 0) is 16.0 Å². The number of piperidine rings is 1. The number of carbonyl (C=O) groups is 2. The fraction of sp³-hybridized carbons (Fsp3) is 0.500. The summed E-state index contributed by atoms with van der Waals surface area (Å²) < 4.78 is 36.6. The molecule has 126 valence electrons. The SMILES string of the molecule is Cc1ccccc1CC(=O)N1CCC(NC(=O)C(F)(F)F)CC1. The van der Waals surface area contributed by atoms with Crippen molar-refractivity contribution in [3.8, 4) is 0 Å². The number of carbonyl (C=O) groups excluding carboxylic acids is 2. The van der Waals surface area contributed by atoms with Crippen molar-refractivity contribution in [3.05, 3.63) is 35.4 Å². The smallest absolute Gasteiger partial charge is 0.345 e. The van der Waals surface area contributed by atoms with Crippen molar-refractivity contribution in [3.63, 3.8) is 0 Å². The van der Waals surface area contributed by atoms with Crippen molar-refractivity contribution in [2.75, 3.05) is 13.1 Å². The topological polar surface area (TPSA) is 49.4 Å². The lowest BCUT2D eigenvalue weighted by atomic mass is 10.0. The lowest BCUT2D eigenvalue weighted by Gasteiger charge is -2.32. The van der Waals surface area contributed by atoms with Gasteiger partial charge in [0.2, 0.25) is 5.91 Å². The van der Waals surface area contributed by atoms with Gasteiger partial charge in [-0.05, 0) is 30.9 Å². The quantitative estimate of drug-likeness (QED) is 0.925. The number of halogens is 3. The van der Waals surface area contributed by atoms with Crippen LogP contribution in [0, 0.1) is 6.92 Å². The maximum Gasteiger partial charge on any atom is 0.471 e. The minimum atomic E-state index is -4.86. The van der Waals surface area contributed by atoms with Crippen LogP contribution < -0.4 is 5.32 Å². The van der Waals surface area contributed by atoms with E-state index in [-0.39, 0.29) is 12.3 Å². The molecule has 1 saturated heterocycles. The standard InChI is InChI=1S/C16H19F3N2O2/c1-11-4-2-3-5-12(11)10-14(22)21-8-6-13(7-9-21)20-15(23)16(17,18)19/h2-5,13H,6-10H2,1H3,(H,20,23). The molecular weight excluding hydrogens is 309 g/mol. The average Bonchev–Trinajstić information content (AvgIpc) is 2.49. The van der Waals surface area contributed by atoms with Gasteiger partial charge in [-0.25, -0.2) is 0 Å². The molecule has 7 heteroatoms.